The highest BCUT2D eigenvalue weighted by atomic mass is 16.4. The van der Waals surface area contributed by atoms with Gasteiger partial charge >= 0.3 is 5.97 Å². The molecule has 0 radical (unpaired) electrons. The molecule has 1 N–H and O–H groups in total. The maximum absolute atomic E-state index is 12.9. The van der Waals surface area contributed by atoms with Crippen molar-refractivity contribution in [1.29, 1.82) is 0 Å². The molecule has 0 bridgehead atoms. The van der Waals surface area contributed by atoms with Crippen LogP contribution in [0.15, 0.2) is 40.8 Å². The molecule has 1 amide bonds. The molecular formula is C20H25NO4. The average Bonchev–Trinajstić information content (AvgIpc) is 2.93. The zero-order valence-electron chi connectivity index (χ0n) is 15.2. The van der Waals surface area contributed by atoms with E-state index in [1.807, 2.05) is 44.2 Å². The lowest BCUT2D eigenvalue weighted by molar-refractivity contribution is -0.136. The van der Waals surface area contributed by atoms with Crippen LogP contribution in [0.5, 0.6) is 0 Å². The molecule has 1 unspecified atom stereocenters. The molecule has 134 valence electrons. The number of rotatable bonds is 7. The van der Waals surface area contributed by atoms with Crippen LogP contribution in [0.2, 0.25) is 0 Å². The Morgan fingerprint density at radius 3 is 2.36 bits per heavy atom. The standard InChI is InChI=1S/C20H25NO4/c1-13(2)17(10-15-8-6-5-7-9-15)19(22)21(4)12-16-11-18(20(23)24)14(3)25-16/h5-9,11,13,17H,10,12H2,1-4H3,(H,23,24). The number of nitrogens with zero attached hydrogens (tertiary/aromatic N) is 1. The first-order valence-corrected chi connectivity index (χ1v) is 8.41. The molecule has 5 heteroatoms. The first-order valence-electron chi connectivity index (χ1n) is 8.41. The third kappa shape index (κ3) is 4.72. The van der Waals surface area contributed by atoms with Crippen LogP contribution in [0, 0.1) is 18.8 Å². The minimum Gasteiger partial charge on any atom is -0.478 e. The first-order chi connectivity index (χ1) is 11.8. The van der Waals surface area contributed by atoms with Crippen molar-refractivity contribution in [3.8, 4) is 0 Å². The molecule has 1 heterocycles. The number of aromatic carboxylic acids is 1. The number of carboxylic acid groups (broad SMARTS) is 1. The van der Waals surface area contributed by atoms with Gasteiger partial charge in [0, 0.05) is 13.0 Å². The molecule has 0 aliphatic heterocycles. The van der Waals surface area contributed by atoms with Crippen molar-refractivity contribution >= 4 is 11.9 Å². The predicted molar refractivity (Wildman–Crippen MR) is 95.4 cm³/mol. The molecular weight excluding hydrogens is 318 g/mol. The fourth-order valence-corrected chi connectivity index (χ4v) is 2.90. The monoisotopic (exact) mass is 343 g/mol. The number of carbonyl (C=O) groups is 2. The van der Waals surface area contributed by atoms with Crippen LogP contribution >= 0.6 is 0 Å². The number of carboxylic acids is 1. The van der Waals surface area contributed by atoms with Gasteiger partial charge < -0.3 is 14.4 Å². The van der Waals surface area contributed by atoms with E-state index in [1.54, 1.807) is 18.9 Å². The highest BCUT2D eigenvalue weighted by molar-refractivity contribution is 5.88. The summed E-state index contributed by atoms with van der Waals surface area (Å²) in [5.74, 6) is -0.0955. The van der Waals surface area contributed by atoms with Crippen LogP contribution in [0.4, 0.5) is 0 Å². The normalized spacial score (nSPS) is 12.2. The molecule has 0 saturated heterocycles. The molecule has 25 heavy (non-hydrogen) atoms. The van der Waals surface area contributed by atoms with E-state index in [1.165, 1.54) is 6.07 Å². The number of aryl methyl sites for hydroxylation is 1. The average molecular weight is 343 g/mol. The molecule has 0 spiro atoms. The minimum atomic E-state index is -1.02. The summed E-state index contributed by atoms with van der Waals surface area (Å²) in [6.07, 6.45) is 0.680. The van der Waals surface area contributed by atoms with E-state index in [4.69, 9.17) is 9.52 Å². The van der Waals surface area contributed by atoms with Crippen LogP contribution in [0.25, 0.3) is 0 Å². The lowest BCUT2D eigenvalue weighted by atomic mass is 9.88. The largest absolute Gasteiger partial charge is 0.478 e. The van der Waals surface area contributed by atoms with Crippen LogP contribution in [0.3, 0.4) is 0 Å². The van der Waals surface area contributed by atoms with E-state index in [0.29, 0.717) is 17.9 Å². The number of carbonyl (C=O) groups excluding carboxylic acids is 1. The maximum Gasteiger partial charge on any atom is 0.339 e. The van der Waals surface area contributed by atoms with Crippen LogP contribution in [-0.4, -0.2) is 28.9 Å². The number of hydrogen-bond acceptors (Lipinski definition) is 3. The zero-order valence-corrected chi connectivity index (χ0v) is 15.2. The maximum atomic E-state index is 12.9. The van der Waals surface area contributed by atoms with Gasteiger partial charge in [-0.2, -0.15) is 0 Å². The van der Waals surface area contributed by atoms with Gasteiger partial charge in [-0.3, -0.25) is 4.79 Å². The summed E-state index contributed by atoms with van der Waals surface area (Å²) in [6, 6.07) is 11.4. The molecule has 0 saturated carbocycles. The van der Waals surface area contributed by atoms with Gasteiger partial charge in [-0.05, 0) is 30.9 Å². The van der Waals surface area contributed by atoms with Gasteiger partial charge in [0.2, 0.25) is 5.91 Å². The van der Waals surface area contributed by atoms with E-state index >= 15 is 0 Å². The number of amides is 1. The Hall–Kier alpha value is -2.56. The second-order valence-electron chi connectivity index (χ2n) is 6.72. The SMILES string of the molecule is Cc1oc(CN(C)C(=O)C(Cc2ccccc2)C(C)C)cc1C(=O)O. The van der Waals surface area contributed by atoms with E-state index < -0.39 is 5.97 Å². The smallest absolute Gasteiger partial charge is 0.339 e. The Kier molecular flexibility index (Phi) is 6.02. The third-order valence-corrected chi connectivity index (χ3v) is 4.39. The Labute approximate surface area is 148 Å². The van der Waals surface area contributed by atoms with Crippen molar-refractivity contribution in [3.63, 3.8) is 0 Å². The highest BCUT2D eigenvalue weighted by Gasteiger charge is 2.26. The van der Waals surface area contributed by atoms with Gasteiger partial charge in [0.05, 0.1) is 6.54 Å². The minimum absolute atomic E-state index is 0.0322. The lowest BCUT2D eigenvalue weighted by Gasteiger charge is -2.26. The summed E-state index contributed by atoms with van der Waals surface area (Å²) in [7, 11) is 1.72. The Morgan fingerprint density at radius 2 is 1.84 bits per heavy atom. The summed E-state index contributed by atoms with van der Waals surface area (Å²) in [5, 5.41) is 9.11. The number of hydrogen-bond donors (Lipinski definition) is 1. The fraction of sp³-hybridized carbons (Fsp3) is 0.400. The van der Waals surface area contributed by atoms with Gasteiger partial charge in [-0.15, -0.1) is 0 Å². The quantitative estimate of drug-likeness (QED) is 0.831. The first kappa shape index (κ1) is 18.8. The van der Waals surface area contributed by atoms with E-state index in [2.05, 4.69) is 0 Å². The van der Waals surface area contributed by atoms with Crippen molar-refractivity contribution in [2.45, 2.75) is 33.7 Å². The Bertz CT molecular complexity index is 733. The molecule has 2 aromatic rings. The van der Waals surface area contributed by atoms with Gasteiger partial charge in [-0.1, -0.05) is 44.2 Å². The van der Waals surface area contributed by atoms with Gasteiger partial charge in [0.1, 0.15) is 17.1 Å². The van der Waals surface area contributed by atoms with Crippen LogP contribution in [-0.2, 0) is 17.8 Å². The fourth-order valence-electron chi connectivity index (χ4n) is 2.90. The van der Waals surface area contributed by atoms with Crippen molar-refractivity contribution < 1.29 is 19.1 Å². The lowest BCUT2D eigenvalue weighted by Crippen LogP contribution is -2.36. The topological polar surface area (TPSA) is 70.8 Å². The van der Waals surface area contributed by atoms with E-state index in [0.717, 1.165) is 5.56 Å². The van der Waals surface area contributed by atoms with Gasteiger partial charge in [0.25, 0.3) is 0 Å². The summed E-state index contributed by atoms with van der Waals surface area (Å²) in [4.78, 5) is 25.6. The van der Waals surface area contributed by atoms with Gasteiger partial charge in [-0.25, -0.2) is 4.79 Å². The molecule has 1 aromatic heterocycles. The second-order valence-corrected chi connectivity index (χ2v) is 6.72. The summed E-state index contributed by atoms with van der Waals surface area (Å²) in [6.45, 7) is 5.95. The Balaban J connectivity index is 2.10. The molecule has 0 aliphatic rings. The molecule has 2 rings (SSSR count). The predicted octanol–water partition coefficient (Wildman–Crippen LogP) is 3.76. The van der Waals surface area contributed by atoms with Crippen molar-refractivity contribution in [2.24, 2.45) is 11.8 Å². The molecule has 0 fully saturated rings. The highest BCUT2D eigenvalue weighted by Crippen LogP contribution is 2.22. The molecule has 0 aliphatic carbocycles. The Morgan fingerprint density at radius 1 is 1.20 bits per heavy atom. The molecule has 1 atom stereocenters. The van der Waals surface area contributed by atoms with E-state index in [9.17, 15) is 9.59 Å². The molecule has 5 nitrogen and oxygen atoms in total. The molecule has 1 aromatic carbocycles. The van der Waals surface area contributed by atoms with Crippen molar-refractivity contribution in [1.82, 2.24) is 4.90 Å². The van der Waals surface area contributed by atoms with E-state index in [-0.39, 0.29) is 29.9 Å². The van der Waals surface area contributed by atoms with Crippen LogP contribution < -0.4 is 0 Å². The zero-order chi connectivity index (χ0) is 18.6. The number of furan rings is 1. The van der Waals surface area contributed by atoms with Crippen LogP contribution in [0.1, 0.15) is 41.3 Å². The third-order valence-electron chi connectivity index (χ3n) is 4.39. The summed E-state index contributed by atoms with van der Waals surface area (Å²) >= 11 is 0. The van der Waals surface area contributed by atoms with Crippen molar-refractivity contribution in [2.75, 3.05) is 7.05 Å². The van der Waals surface area contributed by atoms with Crippen molar-refractivity contribution in [3.05, 3.63) is 59.0 Å². The number of benzene rings is 1. The summed E-state index contributed by atoms with van der Waals surface area (Å²) in [5.41, 5.74) is 1.27. The van der Waals surface area contributed by atoms with Gasteiger partial charge in [0.15, 0.2) is 0 Å². The second kappa shape index (κ2) is 8.01. The summed E-state index contributed by atoms with van der Waals surface area (Å²) < 4.78 is 5.48.